The molecule has 1 unspecified atom stereocenters. The molecule has 0 radical (unpaired) electrons. The fourth-order valence-corrected chi connectivity index (χ4v) is 2.35. The summed E-state index contributed by atoms with van der Waals surface area (Å²) in [4.78, 5) is 4.39. The average molecular weight is 289 g/mol. The Morgan fingerprint density at radius 2 is 2.10 bits per heavy atom. The normalized spacial score (nSPS) is 22.1. The second kappa shape index (κ2) is 5.73. The highest BCUT2D eigenvalue weighted by Crippen LogP contribution is 2.32. The molecule has 0 saturated carbocycles. The fourth-order valence-electron chi connectivity index (χ4n) is 2.35. The third-order valence-corrected chi connectivity index (χ3v) is 3.65. The van der Waals surface area contributed by atoms with Crippen LogP contribution in [0.15, 0.2) is 28.8 Å². The third kappa shape index (κ3) is 3.16. The lowest BCUT2D eigenvalue weighted by atomic mass is 9.95. The molecule has 2 heterocycles. The van der Waals surface area contributed by atoms with Gasteiger partial charge in [-0.1, -0.05) is 5.16 Å². The molecule has 112 valence electrons. The highest BCUT2D eigenvalue weighted by atomic mass is 16.5. The summed E-state index contributed by atoms with van der Waals surface area (Å²) in [6.45, 7) is 2.97. The molecule has 3 rings (SSSR count). The average Bonchev–Trinajstić information content (AvgIpc) is 2.97. The molecule has 0 spiro atoms. The molecule has 2 N–H and O–H groups in total. The molecule has 6 nitrogen and oxygen atoms in total. The van der Waals surface area contributed by atoms with Crippen molar-refractivity contribution in [3.05, 3.63) is 36.0 Å². The van der Waals surface area contributed by atoms with Crippen LogP contribution in [0.2, 0.25) is 0 Å². The molecule has 6 heteroatoms. The van der Waals surface area contributed by atoms with E-state index in [4.69, 9.17) is 19.7 Å². The number of nitrogens with two attached hydrogens (primary N) is 1. The van der Waals surface area contributed by atoms with Gasteiger partial charge in [0.05, 0.1) is 0 Å². The second-order valence-corrected chi connectivity index (χ2v) is 5.41. The number of anilines is 1. The number of nitrogen functional groups attached to an aromatic ring is 1. The van der Waals surface area contributed by atoms with Crippen LogP contribution >= 0.6 is 0 Å². The minimum absolute atomic E-state index is 0.229. The summed E-state index contributed by atoms with van der Waals surface area (Å²) in [5.74, 6) is 1.75. The van der Waals surface area contributed by atoms with E-state index in [1.165, 1.54) is 0 Å². The molecule has 1 saturated heterocycles. The standard InChI is InChI=1S/C15H19N3O3/c1-15(8-2-3-9-20-15)14-17-13(21-18-14)10-19-12-6-4-11(16)5-7-12/h4-7H,2-3,8-10,16H2,1H3. The van der Waals surface area contributed by atoms with Gasteiger partial charge in [-0.05, 0) is 50.5 Å². The number of aromatic nitrogens is 2. The van der Waals surface area contributed by atoms with E-state index in [1.807, 2.05) is 6.92 Å². The molecule has 0 aliphatic carbocycles. The van der Waals surface area contributed by atoms with Crippen LogP contribution in [0.1, 0.15) is 37.9 Å². The van der Waals surface area contributed by atoms with Gasteiger partial charge in [0.25, 0.3) is 5.89 Å². The van der Waals surface area contributed by atoms with E-state index in [0.29, 0.717) is 23.2 Å². The van der Waals surface area contributed by atoms with Crippen molar-refractivity contribution < 1.29 is 14.0 Å². The Labute approximate surface area is 123 Å². The van der Waals surface area contributed by atoms with Crippen LogP contribution in [0, 0.1) is 0 Å². The SMILES string of the molecule is CC1(c2noc(COc3ccc(N)cc3)n2)CCCCO1. The maximum atomic E-state index is 5.80. The first kappa shape index (κ1) is 13.9. The van der Waals surface area contributed by atoms with E-state index in [0.717, 1.165) is 25.9 Å². The molecule has 1 aromatic heterocycles. The minimum atomic E-state index is -0.443. The van der Waals surface area contributed by atoms with Crippen LogP contribution in [0.3, 0.4) is 0 Å². The summed E-state index contributed by atoms with van der Waals surface area (Å²) in [6.07, 6.45) is 3.10. The molecule has 0 amide bonds. The zero-order valence-electron chi connectivity index (χ0n) is 12.0. The topological polar surface area (TPSA) is 83.4 Å². The summed E-state index contributed by atoms with van der Waals surface area (Å²) in [7, 11) is 0. The molecule has 1 aliphatic heterocycles. The molecule has 21 heavy (non-hydrogen) atoms. The largest absolute Gasteiger partial charge is 0.484 e. The van der Waals surface area contributed by atoms with Gasteiger partial charge in [-0.2, -0.15) is 4.98 Å². The van der Waals surface area contributed by atoms with Crippen LogP contribution in [0.4, 0.5) is 5.69 Å². The van der Waals surface area contributed by atoms with Crippen molar-refractivity contribution in [1.82, 2.24) is 10.1 Å². The van der Waals surface area contributed by atoms with Crippen LogP contribution in [0.25, 0.3) is 0 Å². The first-order valence-corrected chi connectivity index (χ1v) is 7.11. The van der Waals surface area contributed by atoms with Gasteiger partial charge in [-0.3, -0.25) is 0 Å². The Kier molecular flexibility index (Phi) is 3.79. The maximum Gasteiger partial charge on any atom is 0.264 e. The van der Waals surface area contributed by atoms with E-state index in [1.54, 1.807) is 24.3 Å². The smallest absolute Gasteiger partial charge is 0.264 e. The molecule has 0 bridgehead atoms. The quantitative estimate of drug-likeness (QED) is 0.871. The third-order valence-electron chi connectivity index (χ3n) is 3.65. The first-order chi connectivity index (χ1) is 10.2. The predicted octanol–water partition coefficient (Wildman–Crippen LogP) is 2.65. The molecular weight excluding hydrogens is 270 g/mol. The Morgan fingerprint density at radius 3 is 2.81 bits per heavy atom. The lowest BCUT2D eigenvalue weighted by Crippen LogP contribution is -2.31. The van der Waals surface area contributed by atoms with Crippen LogP contribution < -0.4 is 10.5 Å². The zero-order chi connectivity index (χ0) is 14.7. The number of benzene rings is 1. The lowest BCUT2D eigenvalue weighted by molar-refractivity contribution is -0.0770. The Hall–Kier alpha value is -2.08. The van der Waals surface area contributed by atoms with Gasteiger partial charge in [-0.15, -0.1) is 0 Å². The van der Waals surface area contributed by atoms with E-state index in [-0.39, 0.29) is 6.61 Å². The molecule has 2 aromatic rings. The number of ether oxygens (including phenoxy) is 2. The molecule has 1 atom stereocenters. The summed E-state index contributed by atoms with van der Waals surface area (Å²) in [5.41, 5.74) is 5.88. The van der Waals surface area contributed by atoms with Crippen LogP contribution in [0.5, 0.6) is 5.75 Å². The minimum Gasteiger partial charge on any atom is -0.484 e. The van der Waals surface area contributed by atoms with Crippen molar-refractivity contribution in [3.63, 3.8) is 0 Å². The Bertz CT molecular complexity index is 588. The lowest BCUT2D eigenvalue weighted by Gasteiger charge is -2.30. The van der Waals surface area contributed by atoms with Crippen molar-refractivity contribution in [2.75, 3.05) is 12.3 Å². The number of rotatable bonds is 4. The fraction of sp³-hybridized carbons (Fsp3) is 0.467. The molecule has 1 aliphatic rings. The molecule has 1 fully saturated rings. The van der Waals surface area contributed by atoms with Crippen LogP contribution in [-0.4, -0.2) is 16.7 Å². The van der Waals surface area contributed by atoms with Crippen molar-refractivity contribution in [2.45, 2.75) is 38.4 Å². The number of hydrogen-bond acceptors (Lipinski definition) is 6. The van der Waals surface area contributed by atoms with E-state index in [2.05, 4.69) is 10.1 Å². The number of nitrogens with zero attached hydrogens (tertiary/aromatic N) is 2. The van der Waals surface area contributed by atoms with Gasteiger partial charge in [0, 0.05) is 12.3 Å². The Balaban J connectivity index is 1.63. The van der Waals surface area contributed by atoms with Gasteiger partial charge in [0.15, 0.2) is 6.61 Å². The predicted molar refractivity (Wildman–Crippen MR) is 76.6 cm³/mol. The van der Waals surface area contributed by atoms with Gasteiger partial charge in [0.2, 0.25) is 5.82 Å². The van der Waals surface area contributed by atoms with Crippen molar-refractivity contribution in [1.29, 1.82) is 0 Å². The molecule has 1 aromatic carbocycles. The van der Waals surface area contributed by atoms with Gasteiger partial charge >= 0.3 is 0 Å². The molecular formula is C15H19N3O3. The van der Waals surface area contributed by atoms with Crippen molar-refractivity contribution in [3.8, 4) is 5.75 Å². The Morgan fingerprint density at radius 1 is 1.29 bits per heavy atom. The van der Waals surface area contributed by atoms with Gasteiger partial charge in [-0.25, -0.2) is 0 Å². The summed E-state index contributed by atoms with van der Waals surface area (Å²) < 4.78 is 16.6. The van der Waals surface area contributed by atoms with Gasteiger partial charge < -0.3 is 19.7 Å². The van der Waals surface area contributed by atoms with E-state index >= 15 is 0 Å². The maximum absolute atomic E-state index is 5.80. The zero-order valence-corrected chi connectivity index (χ0v) is 12.0. The summed E-state index contributed by atoms with van der Waals surface area (Å²) in [5, 5.41) is 4.03. The van der Waals surface area contributed by atoms with Crippen molar-refractivity contribution >= 4 is 5.69 Å². The highest BCUT2D eigenvalue weighted by molar-refractivity contribution is 5.41. The summed E-state index contributed by atoms with van der Waals surface area (Å²) >= 11 is 0. The van der Waals surface area contributed by atoms with E-state index in [9.17, 15) is 0 Å². The monoisotopic (exact) mass is 289 g/mol. The van der Waals surface area contributed by atoms with Crippen LogP contribution in [-0.2, 0) is 16.9 Å². The summed E-state index contributed by atoms with van der Waals surface area (Å²) in [6, 6.07) is 7.17. The highest BCUT2D eigenvalue weighted by Gasteiger charge is 2.34. The first-order valence-electron chi connectivity index (χ1n) is 7.11. The van der Waals surface area contributed by atoms with Gasteiger partial charge in [0.1, 0.15) is 11.4 Å². The van der Waals surface area contributed by atoms with E-state index < -0.39 is 5.60 Å². The number of hydrogen-bond donors (Lipinski definition) is 1. The van der Waals surface area contributed by atoms with Crippen molar-refractivity contribution in [2.24, 2.45) is 0 Å². The second-order valence-electron chi connectivity index (χ2n) is 5.41.